The molecular formula is C15H20N2O3. The lowest BCUT2D eigenvalue weighted by atomic mass is 10.1. The Morgan fingerprint density at radius 2 is 2.20 bits per heavy atom. The summed E-state index contributed by atoms with van der Waals surface area (Å²) in [5, 5.41) is 6.17. The molecule has 5 heteroatoms. The summed E-state index contributed by atoms with van der Waals surface area (Å²) < 4.78 is 11.4. The van der Waals surface area contributed by atoms with Crippen molar-refractivity contribution in [3.63, 3.8) is 0 Å². The standard InChI is InChI=1S/C15H20N2O3/c18-15(12-5-2-7-16-12)17-10-11-4-1-6-13-14(11)20-9-3-8-19-13/h1,4,6,12,16H,2-3,5,7-10H2,(H,17,18). The molecule has 0 aliphatic carbocycles. The molecule has 5 nitrogen and oxygen atoms in total. The fourth-order valence-electron chi connectivity index (χ4n) is 2.61. The van der Waals surface area contributed by atoms with Crippen LogP contribution in [-0.4, -0.2) is 31.7 Å². The van der Waals surface area contributed by atoms with E-state index in [1.165, 1.54) is 0 Å². The monoisotopic (exact) mass is 276 g/mol. The summed E-state index contributed by atoms with van der Waals surface area (Å²) in [6.07, 6.45) is 2.86. The first-order valence-electron chi connectivity index (χ1n) is 7.23. The molecule has 1 unspecified atom stereocenters. The van der Waals surface area contributed by atoms with Crippen molar-refractivity contribution in [1.82, 2.24) is 10.6 Å². The van der Waals surface area contributed by atoms with Gasteiger partial charge in [-0.2, -0.15) is 0 Å². The van der Waals surface area contributed by atoms with Gasteiger partial charge in [-0.3, -0.25) is 4.79 Å². The minimum atomic E-state index is -0.0468. The van der Waals surface area contributed by atoms with E-state index in [0.717, 1.165) is 42.9 Å². The van der Waals surface area contributed by atoms with Crippen molar-refractivity contribution in [1.29, 1.82) is 0 Å². The number of carbonyl (C=O) groups excluding carboxylic acids is 1. The number of benzene rings is 1. The maximum Gasteiger partial charge on any atom is 0.237 e. The zero-order valence-corrected chi connectivity index (χ0v) is 11.5. The predicted molar refractivity (Wildman–Crippen MR) is 74.9 cm³/mol. The zero-order valence-electron chi connectivity index (χ0n) is 11.5. The Hall–Kier alpha value is -1.75. The summed E-state index contributed by atoms with van der Waals surface area (Å²) in [7, 11) is 0. The van der Waals surface area contributed by atoms with Gasteiger partial charge < -0.3 is 20.1 Å². The second-order valence-corrected chi connectivity index (χ2v) is 5.16. The third-order valence-corrected chi connectivity index (χ3v) is 3.68. The van der Waals surface area contributed by atoms with Crippen LogP contribution in [0.4, 0.5) is 0 Å². The number of amides is 1. The topological polar surface area (TPSA) is 59.6 Å². The highest BCUT2D eigenvalue weighted by Gasteiger charge is 2.22. The molecule has 0 aromatic heterocycles. The van der Waals surface area contributed by atoms with E-state index in [-0.39, 0.29) is 11.9 Å². The first kappa shape index (κ1) is 13.2. The molecule has 0 radical (unpaired) electrons. The molecule has 2 aliphatic heterocycles. The molecule has 2 N–H and O–H groups in total. The van der Waals surface area contributed by atoms with Crippen molar-refractivity contribution >= 4 is 5.91 Å². The average Bonchev–Trinajstić information content (AvgIpc) is 2.90. The first-order valence-corrected chi connectivity index (χ1v) is 7.23. The minimum Gasteiger partial charge on any atom is -0.490 e. The van der Waals surface area contributed by atoms with Crippen LogP contribution in [-0.2, 0) is 11.3 Å². The van der Waals surface area contributed by atoms with Crippen LogP contribution in [0.3, 0.4) is 0 Å². The van der Waals surface area contributed by atoms with Gasteiger partial charge in [0.1, 0.15) is 0 Å². The van der Waals surface area contributed by atoms with Crippen LogP contribution >= 0.6 is 0 Å². The van der Waals surface area contributed by atoms with Crippen LogP contribution in [0.2, 0.25) is 0 Å². The molecule has 1 atom stereocenters. The van der Waals surface area contributed by atoms with Crippen LogP contribution in [0.5, 0.6) is 11.5 Å². The van der Waals surface area contributed by atoms with Crippen molar-refractivity contribution in [3.8, 4) is 11.5 Å². The van der Waals surface area contributed by atoms with Gasteiger partial charge >= 0.3 is 0 Å². The van der Waals surface area contributed by atoms with Crippen molar-refractivity contribution < 1.29 is 14.3 Å². The van der Waals surface area contributed by atoms with Gasteiger partial charge in [-0.25, -0.2) is 0 Å². The normalized spacial score (nSPS) is 21.3. The van der Waals surface area contributed by atoms with Crippen molar-refractivity contribution in [3.05, 3.63) is 23.8 Å². The molecule has 1 aromatic carbocycles. The van der Waals surface area contributed by atoms with Crippen LogP contribution in [0.1, 0.15) is 24.8 Å². The maximum absolute atomic E-state index is 12.0. The SMILES string of the molecule is O=C(NCc1cccc2c1OCCCO2)C1CCCN1. The lowest BCUT2D eigenvalue weighted by Crippen LogP contribution is -2.40. The highest BCUT2D eigenvalue weighted by Crippen LogP contribution is 2.33. The first-order chi connectivity index (χ1) is 9.84. The number of hydrogen-bond donors (Lipinski definition) is 2. The van der Waals surface area contributed by atoms with E-state index in [0.29, 0.717) is 19.8 Å². The highest BCUT2D eigenvalue weighted by atomic mass is 16.5. The Morgan fingerprint density at radius 3 is 3.05 bits per heavy atom. The predicted octanol–water partition coefficient (Wildman–Crippen LogP) is 1.22. The molecule has 0 saturated carbocycles. The fourth-order valence-corrected chi connectivity index (χ4v) is 2.61. The second-order valence-electron chi connectivity index (χ2n) is 5.16. The van der Waals surface area contributed by atoms with Crippen molar-refractivity contribution in [2.75, 3.05) is 19.8 Å². The largest absolute Gasteiger partial charge is 0.490 e. The van der Waals surface area contributed by atoms with Gasteiger partial charge in [-0.05, 0) is 25.5 Å². The lowest BCUT2D eigenvalue weighted by molar-refractivity contribution is -0.122. The minimum absolute atomic E-state index is 0.0468. The smallest absolute Gasteiger partial charge is 0.237 e. The van der Waals surface area contributed by atoms with Crippen LogP contribution in [0, 0.1) is 0 Å². The van der Waals surface area contributed by atoms with E-state index in [9.17, 15) is 4.79 Å². The van der Waals surface area contributed by atoms with Crippen LogP contribution in [0.25, 0.3) is 0 Å². The molecular weight excluding hydrogens is 256 g/mol. The molecule has 1 aromatic rings. The van der Waals surface area contributed by atoms with E-state index < -0.39 is 0 Å². The molecule has 0 spiro atoms. The quantitative estimate of drug-likeness (QED) is 0.871. The Kier molecular flexibility index (Phi) is 4.06. The summed E-state index contributed by atoms with van der Waals surface area (Å²) in [6.45, 7) is 2.73. The van der Waals surface area contributed by atoms with Crippen molar-refractivity contribution in [2.45, 2.75) is 31.8 Å². The van der Waals surface area contributed by atoms with Gasteiger partial charge in [-0.1, -0.05) is 12.1 Å². The van der Waals surface area contributed by atoms with E-state index >= 15 is 0 Å². The summed E-state index contributed by atoms with van der Waals surface area (Å²) in [5.41, 5.74) is 0.968. The molecule has 1 amide bonds. The number of ether oxygens (including phenoxy) is 2. The number of fused-ring (bicyclic) bond motifs is 1. The van der Waals surface area contributed by atoms with Gasteiger partial charge in [0.25, 0.3) is 0 Å². The highest BCUT2D eigenvalue weighted by molar-refractivity contribution is 5.82. The molecule has 2 heterocycles. The summed E-state index contributed by atoms with van der Waals surface area (Å²) in [4.78, 5) is 12.0. The molecule has 1 fully saturated rings. The van der Waals surface area contributed by atoms with E-state index in [4.69, 9.17) is 9.47 Å². The fraction of sp³-hybridized carbons (Fsp3) is 0.533. The van der Waals surface area contributed by atoms with Gasteiger partial charge in [0, 0.05) is 18.5 Å². The number of rotatable bonds is 3. The third-order valence-electron chi connectivity index (χ3n) is 3.68. The van der Waals surface area contributed by atoms with Gasteiger partial charge in [0.05, 0.1) is 19.3 Å². The van der Waals surface area contributed by atoms with Gasteiger partial charge in [0.2, 0.25) is 5.91 Å². The third kappa shape index (κ3) is 2.88. The van der Waals surface area contributed by atoms with E-state index in [2.05, 4.69) is 10.6 Å². The molecule has 1 saturated heterocycles. The Morgan fingerprint density at radius 1 is 1.30 bits per heavy atom. The molecule has 108 valence electrons. The van der Waals surface area contributed by atoms with E-state index in [1.54, 1.807) is 0 Å². The van der Waals surface area contributed by atoms with Crippen LogP contribution in [0.15, 0.2) is 18.2 Å². The van der Waals surface area contributed by atoms with Gasteiger partial charge in [-0.15, -0.1) is 0 Å². The number of nitrogens with one attached hydrogen (secondary N) is 2. The number of para-hydroxylation sites is 1. The van der Waals surface area contributed by atoms with Crippen LogP contribution < -0.4 is 20.1 Å². The summed E-state index contributed by atoms with van der Waals surface area (Å²) in [5.74, 6) is 1.60. The maximum atomic E-state index is 12.0. The number of hydrogen-bond acceptors (Lipinski definition) is 4. The molecule has 20 heavy (non-hydrogen) atoms. The Labute approximate surface area is 118 Å². The van der Waals surface area contributed by atoms with E-state index in [1.807, 2.05) is 18.2 Å². The second kappa shape index (κ2) is 6.13. The van der Waals surface area contributed by atoms with Crippen molar-refractivity contribution in [2.24, 2.45) is 0 Å². The number of carbonyl (C=O) groups is 1. The molecule has 2 aliphatic rings. The molecule has 3 rings (SSSR count). The lowest BCUT2D eigenvalue weighted by Gasteiger charge is -2.15. The van der Waals surface area contributed by atoms with Gasteiger partial charge in [0.15, 0.2) is 11.5 Å². The zero-order chi connectivity index (χ0) is 13.8. The summed E-state index contributed by atoms with van der Waals surface area (Å²) >= 11 is 0. The average molecular weight is 276 g/mol. The Bertz CT molecular complexity index is 484. The summed E-state index contributed by atoms with van der Waals surface area (Å²) in [6, 6.07) is 5.76. The Balaban J connectivity index is 1.66. The molecule has 0 bridgehead atoms.